The number of hydrogen-bond donors (Lipinski definition) is 2. The fraction of sp³-hybridized carbons (Fsp3) is 0.500. The topological polar surface area (TPSA) is 75.4 Å². The van der Waals surface area contributed by atoms with E-state index >= 15 is 0 Å². The van der Waals surface area contributed by atoms with Crippen molar-refractivity contribution in [1.29, 1.82) is 0 Å². The lowest BCUT2D eigenvalue weighted by Crippen LogP contribution is -2.26. The van der Waals surface area contributed by atoms with Gasteiger partial charge in [-0.25, -0.2) is 0 Å². The van der Waals surface area contributed by atoms with E-state index in [1.807, 2.05) is 6.92 Å². The number of aliphatic hydroxyl groups excluding tert-OH is 1. The van der Waals surface area contributed by atoms with E-state index < -0.39 is 4.92 Å². The summed E-state index contributed by atoms with van der Waals surface area (Å²) in [6, 6.07) is 4.86. The molecular weight excluding hydrogens is 256 g/mol. The van der Waals surface area contributed by atoms with Crippen molar-refractivity contribution in [3.63, 3.8) is 0 Å². The lowest BCUT2D eigenvalue weighted by Gasteiger charge is -2.13. The fourth-order valence-electron chi connectivity index (χ4n) is 1.64. The molecule has 0 aromatic heterocycles. The van der Waals surface area contributed by atoms with Crippen LogP contribution in [0, 0.1) is 10.1 Å². The summed E-state index contributed by atoms with van der Waals surface area (Å²) < 4.78 is 0. The molecule has 18 heavy (non-hydrogen) atoms. The first-order valence-electron chi connectivity index (χ1n) is 5.81. The summed E-state index contributed by atoms with van der Waals surface area (Å²) >= 11 is 5.74. The number of rotatable bonds is 7. The van der Waals surface area contributed by atoms with Crippen molar-refractivity contribution >= 4 is 17.3 Å². The molecule has 0 fully saturated rings. The van der Waals surface area contributed by atoms with Crippen molar-refractivity contribution in [1.82, 2.24) is 5.32 Å². The maximum atomic E-state index is 10.9. The van der Waals surface area contributed by atoms with Crippen LogP contribution < -0.4 is 5.32 Å². The summed E-state index contributed by atoms with van der Waals surface area (Å²) in [7, 11) is 0. The van der Waals surface area contributed by atoms with Crippen molar-refractivity contribution in [3.8, 4) is 0 Å². The van der Waals surface area contributed by atoms with Crippen LogP contribution in [0.2, 0.25) is 5.02 Å². The van der Waals surface area contributed by atoms with Crippen LogP contribution in [-0.2, 0) is 6.54 Å². The third-order valence-electron chi connectivity index (χ3n) is 2.68. The van der Waals surface area contributed by atoms with Crippen LogP contribution in [0.1, 0.15) is 25.3 Å². The van der Waals surface area contributed by atoms with E-state index in [1.165, 1.54) is 6.07 Å². The standard InChI is InChI=1S/C12H17ClN2O3/c1-9(3-2-6-16)14-8-10-4-5-11(13)7-12(10)15(17)18/h4-5,7,9,14,16H,2-3,6,8H2,1H3. The van der Waals surface area contributed by atoms with E-state index in [9.17, 15) is 10.1 Å². The molecule has 0 amide bonds. The molecule has 0 saturated heterocycles. The van der Waals surface area contributed by atoms with E-state index in [-0.39, 0.29) is 18.3 Å². The molecule has 0 aliphatic carbocycles. The van der Waals surface area contributed by atoms with Crippen molar-refractivity contribution in [2.45, 2.75) is 32.4 Å². The molecule has 2 N–H and O–H groups in total. The second kappa shape index (κ2) is 7.31. The maximum Gasteiger partial charge on any atom is 0.275 e. The van der Waals surface area contributed by atoms with Crippen molar-refractivity contribution in [2.75, 3.05) is 6.61 Å². The van der Waals surface area contributed by atoms with E-state index in [0.717, 1.165) is 12.8 Å². The predicted octanol–water partition coefficient (Wildman–Crippen LogP) is 2.50. The summed E-state index contributed by atoms with van der Waals surface area (Å²) in [6.45, 7) is 2.56. The Morgan fingerprint density at radius 3 is 2.89 bits per heavy atom. The van der Waals surface area contributed by atoms with Crippen molar-refractivity contribution in [3.05, 3.63) is 38.9 Å². The van der Waals surface area contributed by atoms with Gasteiger partial charge in [0.25, 0.3) is 5.69 Å². The first-order chi connectivity index (χ1) is 8.54. The highest BCUT2D eigenvalue weighted by Crippen LogP contribution is 2.23. The van der Waals surface area contributed by atoms with Gasteiger partial charge in [-0.3, -0.25) is 10.1 Å². The molecule has 100 valence electrons. The van der Waals surface area contributed by atoms with Crippen LogP contribution in [0.5, 0.6) is 0 Å². The Morgan fingerprint density at radius 2 is 2.28 bits per heavy atom. The molecule has 6 heteroatoms. The van der Waals surface area contributed by atoms with Gasteiger partial charge in [0.2, 0.25) is 0 Å². The summed E-state index contributed by atoms with van der Waals surface area (Å²) in [5.41, 5.74) is 0.643. The maximum absolute atomic E-state index is 10.9. The number of aliphatic hydroxyl groups is 1. The molecule has 0 saturated carbocycles. The first kappa shape index (κ1) is 14.9. The number of hydrogen-bond acceptors (Lipinski definition) is 4. The van der Waals surface area contributed by atoms with E-state index in [1.54, 1.807) is 12.1 Å². The molecule has 0 aliphatic rings. The number of halogens is 1. The van der Waals surface area contributed by atoms with E-state index in [0.29, 0.717) is 17.1 Å². The van der Waals surface area contributed by atoms with E-state index in [2.05, 4.69) is 5.32 Å². The fourth-order valence-corrected chi connectivity index (χ4v) is 1.81. The molecule has 0 spiro atoms. The molecular formula is C12H17ClN2O3. The smallest absolute Gasteiger partial charge is 0.275 e. The predicted molar refractivity (Wildman–Crippen MR) is 70.7 cm³/mol. The Bertz CT molecular complexity index is 412. The number of nitrogens with zero attached hydrogens (tertiary/aromatic N) is 1. The Balaban J connectivity index is 2.64. The summed E-state index contributed by atoms with van der Waals surface area (Å²) in [5.74, 6) is 0. The summed E-state index contributed by atoms with van der Waals surface area (Å²) in [6.07, 6.45) is 1.55. The SMILES string of the molecule is CC(CCCO)NCc1ccc(Cl)cc1[N+](=O)[O-]. The largest absolute Gasteiger partial charge is 0.396 e. The molecule has 1 aromatic rings. The highest BCUT2D eigenvalue weighted by Gasteiger charge is 2.14. The molecule has 1 unspecified atom stereocenters. The van der Waals surface area contributed by atoms with Crippen molar-refractivity contribution in [2.24, 2.45) is 0 Å². The number of benzene rings is 1. The van der Waals surface area contributed by atoms with Crippen LogP contribution >= 0.6 is 11.6 Å². The zero-order chi connectivity index (χ0) is 13.5. The molecule has 0 heterocycles. The summed E-state index contributed by atoms with van der Waals surface area (Å²) in [4.78, 5) is 10.4. The normalized spacial score (nSPS) is 12.4. The highest BCUT2D eigenvalue weighted by molar-refractivity contribution is 6.30. The molecule has 1 atom stereocenters. The van der Waals surface area contributed by atoms with Gasteiger partial charge in [-0.15, -0.1) is 0 Å². The van der Waals surface area contributed by atoms with Crippen LogP contribution in [0.15, 0.2) is 18.2 Å². The zero-order valence-electron chi connectivity index (χ0n) is 10.2. The highest BCUT2D eigenvalue weighted by atomic mass is 35.5. The van der Waals surface area contributed by atoms with E-state index in [4.69, 9.17) is 16.7 Å². The average molecular weight is 273 g/mol. The van der Waals surface area contributed by atoms with Crippen LogP contribution in [0.25, 0.3) is 0 Å². The molecule has 1 rings (SSSR count). The van der Waals surface area contributed by atoms with Gasteiger partial charge in [0.15, 0.2) is 0 Å². The van der Waals surface area contributed by atoms with Crippen LogP contribution in [0.3, 0.4) is 0 Å². The number of nitro benzene ring substituents is 1. The molecule has 1 aromatic carbocycles. The Kier molecular flexibility index (Phi) is 6.04. The minimum absolute atomic E-state index is 0.0318. The van der Waals surface area contributed by atoms with Gasteiger partial charge in [-0.2, -0.15) is 0 Å². The Labute approximate surface area is 111 Å². The Morgan fingerprint density at radius 1 is 1.56 bits per heavy atom. The third kappa shape index (κ3) is 4.60. The third-order valence-corrected chi connectivity index (χ3v) is 2.92. The van der Waals surface area contributed by atoms with Gasteiger partial charge in [-0.1, -0.05) is 11.6 Å². The minimum atomic E-state index is -0.429. The quantitative estimate of drug-likeness (QED) is 0.591. The number of nitro groups is 1. The molecule has 0 radical (unpaired) electrons. The molecule has 0 bridgehead atoms. The molecule has 0 aliphatic heterocycles. The number of nitrogens with one attached hydrogen (secondary N) is 1. The lowest BCUT2D eigenvalue weighted by molar-refractivity contribution is -0.385. The first-order valence-corrected chi connectivity index (χ1v) is 6.19. The Hall–Kier alpha value is -1.17. The zero-order valence-corrected chi connectivity index (χ0v) is 11.0. The molecule has 5 nitrogen and oxygen atoms in total. The van der Waals surface area contributed by atoms with Gasteiger partial charge < -0.3 is 10.4 Å². The van der Waals surface area contributed by atoms with Crippen LogP contribution in [0.4, 0.5) is 5.69 Å². The monoisotopic (exact) mass is 272 g/mol. The second-order valence-electron chi connectivity index (χ2n) is 4.18. The van der Waals surface area contributed by atoms with Gasteiger partial charge >= 0.3 is 0 Å². The van der Waals surface area contributed by atoms with Gasteiger partial charge in [0.1, 0.15) is 0 Å². The average Bonchev–Trinajstić information content (AvgIpc) is 2.34. The van der Waals surface area contributed by atoms with Crippen molar-refractivity contribution < 1.29 is 10.0 Å². The van der Waals surface area contributed by atoms with Gasteiger partial charge in [-0.05, 0) is 31.9 Å². The van der Waals surface area contributed by atoms with Crippen LogP contribution in [-0.4, -0.2) is 22.7 Å². The van der Waals surface area contributed by atoms with Gasteiger partial charge in [0.05, 0.1) is 4.92 Å². The summed E-state index contributed by atoms with van der Waals surface area (Å²) in [5, 5.41) is 23.1. The second-order valence-corrected chi connectivity index (χ2v) is 4.61. The lowest BCUT2D eigenvalue weighted by atomic mass is 10.1. The van der Waals surface area contributed by atoms with Gasteiger partial charge in [0, 0.05) is 35.8 Å². The minimum Gasteiger partial charge on any atom is -0.396 e.